The molecular weight excluding hydrogens is 350 g/mol. The van der Waals surface area contributed by atoms with Gasteiger partial charge in [-0.15, -0.1) is 0 Å². The predicted molar refractivity (Wildman–Crippen MR) is 90.0 cm³/mol. The third kappa shape index (κ3) is 3.42. The Bertz CT molecular complexity index is 659. The van der Waals surface area contributed by atoms with E-state index in [-0.39, 0.29) is 6.04 Å². The first kappa shape index (κ1) is 14.9. The fraction of sp³-hybridized carbons (Fsp3) is 0.294. The van der Waals surface area contributed by atoms with Crippen LogP contribution in [0.4, 0.5) is 0 Å². The standard InChI is InChI=1S/C17H17BrClNO/c1-11(12-3-2-4-15(18)7-12)20-10-14-9-16(19)8-13-5-6-21-17(13)14/h2-4,7-9,11,20H,5-6,10H2,1H3. The Morgan fingerprint density at radius 3 is 3.00 bits per heavy atom. The molecule has 110 valence electrons. The summed E-state index contributed by atoms with van der Waals surface area (Å²) in [5.41, 5.74) is 3.61. The van der Waals surface area contributed by atoms with Crippen molar-refractivity contribution in [2.45, 2.75) is 25.9 Å². The minimum Gasteiger partial charge on any atom is -0.493 e. The quantitative estimate of drug-likeness (QED) is 0.832. The van der Waals surface area contributed by atoms with Crippen molar-refractivity contribution < 1.29 is 4.74 Å². The molecule has 0 aliphatic carbocycles. The molecular formula is C17H17BrClNO. The van der Waals surface area contributed by atoms with Crippen LogP contribution in [0.1, 0.15) is 29.7 Å². The summed E-state index contributed by atoms with van der Waals surface area (Å²) in [5, 5.41) is 4.32. The number of nitrogens with one attached hydrogen (secondary N) is 1. The Balaban J connectivity index is 1.73. The number of rotatable bonds is 4. The molecule has 1 atom stereocenters. The van der Waals surface area contributed by atoms with Gasteiger partial charge >= 0.3 is 0 Å². The van der Waals surface area contributed by atoms with Gasteiger partial charge in [-0.2, -0.15) is 0 Å². The van der Waals surface area contributed by atoms with Crippen molar-refractivity contribution in [1.29, 1.82) is 0 Å². The van der Waals surface area contributed by atoms with Crippen molar-refractivity contribution in [1.82, 2.24) is 5.32 Å². The van der Waals surface area contributed by atoms with Gasteiger partial charge in [-0.25, -0.2) is 0 Å². The van der Waals surface area contributed by atoms with Crippen molar-refractivity contribution in [3.05, 3.63) is 62.6 Å². The fourth-order valence-corrected chi connectivity index (χ4v) is 3.31. The first-order valence-electron chi connectivity index (χ1n) is 7.06. The van der Waals surface area contributed by atoms with Gasteiger partial charge < -0.3 is 10.1 Å². The Kier molecular flexibility index (Phi) is 4.53. The van der Waals surface area contributed by atoms with Crippen LogP contribution in [0.3, 0.4) is 0 Å². The van der Waals surface area contributed by atoms with Crippen LogP contribution in [0.2, 0.25) is 5.02 Å². The second-order valence-corrected chi connectivity index (χ2v) is 6.66. The molecule has 0 amide bonds. The SMILES string of the molecule is CC(NCc1cc(Cl)cc2c1OCC2)c1cccc(Br)c1. The van der Waals surface area contributed by atoms with Crippen molar-refractivity contribution in [3.8, 4) is 5.75 Å². The summed E-state index contributed by atoms with van der Waals surface area (Å²) in [6.07, 6.45) is 0.948. The third-order valence-electron chi connectivity index (χ3n) is 3.77. The van der Waals surface area contributed by atoms with E-state index in [9.17, 15) is 0 Å². The summed E-state index contributed by atoms with van der Waals surface area (Å²) >= 11 is 9.70. The molecule has 0 saturated carbocycles. The van der Waals surface area contributed by atoms with E-state index in [1.54, 1.807) is 0 Å². The molecule has 21 heavy (non-hydrogen) atoms. The van der Waals surface area contributed by atoms with Crippen LogP contribution in [0.15, 0.2) is 40.9 Å². The average molecular weight is 367 g/mol. The molecule has 2 aromatic carbocycles. The zero-order valence-corrected chi connectivity index (χ0v) is 14.2. The van der Waals surface area contributed by atoms with Gasteiger partial charge in [0.2, 0.25) is 0 Å². The maximum atomic E-state index is 6.19. The third-order valence-corrected chi connectivity index (χ3v) is 4.48. The number of ether oxygens (including phenoxy) is 1. The summed E-state index contributed by atoms with van der Waals surface area (Å²) in [5.74, 6) is 1.01. The second kappa shape index (κ2) is 6.39. The lowest BCUT2D eigenvalue weighted by molar-refractivity contribution is 0.351. The van der Waals surface area contributed by atoms with Crippen LogP contribution in [-0.2, 0) is 13.0 Å². The summed E-state index contributed by atoms with van der Waals surface area (Å²) < 4.78 is 6.83. The topological polar surface area (TPSA) is 21.3 Å². The zero-order valence-electron chi connectivity index (χ0n) is 11.8. The molecule has 1 heterocycles. The van der Waals surface area contributed by atoms with Gasteiger partial charge in [-0.05, 0) is 42.3 Å². The smallest absolute Gasteiger partial charge is 0.127 e. The van der Waals surface area contributed by atoms with Crippen LogP contribution in [0, 0.1) is 0 Å². The average Bonchev–Trinajstić information content (AvgIpc) is 2.92. The highest BCUT2D eigenvalue weighted by atomic mass is 79.9. The molecule has 0 radical (unpaired) electrons. The van der Waals surface area contributed by atoms with E-state index >= 15 is 0 Å². The van der Waals surface area contributed by atoms with Crippen LogP contribution in [-0.4, -0.2) is 6.61 Å². The lowest BCUT2D eigenvalue weighted by Crippen LogP contribution is -2.18. The normalized spacial score (nSPS) is 14.6. The number of fused-ring (bicyclic) bond motifs is 1. The number of halogens is 2. The molecule has 3 rings (SSSR count). The van der Waals surface area contributed by atoms with Gasteiger partial charge in [0, 0.05) is 34.1 Å². The van der Waals surface area contributed by atoms with E-state index in [1.807, 2.05) is 18.2 Å². The number of hydrogen-bond acceptors (Lipinski definition) is 2. The second-order valence-electron chi connectivity index (χ2n) is 5.31. The highest BCUT2D eigenvalue weighted by Gasteiger charge is 2.18. The molecule has 1 unspecified atom stereocenters. The minimum atomic E-state index is 0.263. The lowest BCUT2D eigenvalue weighted by atomic mass is 10.1. The van der Waals surface area contributed by atoms with E-state index in [2.05, 4.69) is 46.4 Å². The summed E-state index contributed by atoms with van der Waals surface area (Å²) in [6, 6.07) is 12.6. The van der Waals surface area contributed by atoms with Gasteiger partial charge in [0.1, 0.15) is 5.75 Å². The Morgan fingerprint density at radius 2 is 2.19 bits per heavy atom. The van der Waals surface area contributed by atoms with Gasteiger partial charge in [0.15, 0.2) is 0 Å². The largest absolute Gasteiger partial charge is 0.493 e. The molecule has 0 saturated heterocycles. The zero-order chi connectivity index (χ0) is 14.8. The van der Waals surface area contributed by atoms with E-state index in [0.29, 0.717) is 0 Å². The van der Waals surface area contributed by atoms with E-state index < -0.39 is 0 Å². The minimum absolute atomic E-state index is 0.263. The molecule has 1 aliphatic heterocycles. The van der Waals surface area contributed by atoms with E-state index in [0.717, 1.165) is 40.4 Å². The highest BCUT2D eigenvalue weighted by molar-refractivity contribution is 9.10. The summed E-state index contributed by atoms with van der Waals surface area (Å²) in [7, 11) is 0. The van der Waals surface area contributed by atoms with E-state index in [4.69, 9.17) is 16.3 Å². The molecule has 0 aromatic heterocycles. The molecule has 1 N–H and O–H groups in total. The lowest BCUT2D eigenvalue weighted by Gasteiger charge is -2.16. The van der Waals surface area contributed by atoms with Crippen LogP contribution < -0.4 is 10.1 Å². The van der Waals surface area contributed by atoms with Crippen LogP contribution in [0.25, 0.3) is 0 Å². The number of benzene rings is 2. The molecule has 1 aliphatic rings. The van der Waals surface area contributed by atoms with Crippen molar-refractivity contribution in [3.63, 3.8) is 0 Å². The van der Waals surface area contributed by atoms with Crippen molar-refractivity contribution >= 4 is 27.5 Å². The monoisotopic (exact) mass is 365 g/mol. The molecule has 0 bridgehead atoms. The van der Waals surface area contributed by atoms with Gasteiger partial charge in [0.25, 0.3) is 0 Å². The van der Waals surface area contributed by atoms with Crippen molar-refractivity contribution in [2.24, 2.45) is 0 Å². The Hall–Kier alpha value is -1.03. The first-order valence-corrected chi connectivity index (χ1v) is 8.23. The molecule has 0 fully saturated rings. The van der Waals surface area contributed by atoms with Crippen molar-refractivity contribution in [2.75, 3.05) is 6.61 Å². The Morgan fingerprint density at radius 1 is 1.33 bits per heavy atom. The van der Waals surface area contributed by atoms with Crippen LogP contribution in [0.5, 0.6) is 5.75 Å². The summed E-state index contributed by atoms with van der Waals surface area (Å²) in [4.78, 5) is 0. The maximum Gasteiger partial charge on any atom is 0.127 e. The van der Waals surface area contributed by atoms with Gasteiger partial charge in [-0.3, -0.25) is 0 Å². The summed E-state index contributed by atoms with van der Waals surface area (Å²) in [6.45, 7) is 3.66. The van der Waals surface area contributed by atoms with Gasteiger partial charge in [0.05, 0.1) is 6.61 Å². The molecule has 0 spiro atoms. The first-order chi connectivity index (χ1) is 10.1. The molecule has 2 nitrogen and oxygen atoms in total. The van der Waals surface area contributed by atoms with Crippen LogP contribution >= 0.6 is 27.5 Å². The highest BCUT2D eigenvalue weighted by Crippen LogP contribution is 2.33. The van der Waals surface area contributed by atoms with E-state index in [1.165, 1.54) is 11.1 Å². The maximum absolute atomic E-state index is 6.19. The van der Waals surface area contributed by atoms with Gasteiger partial charge in [-0.1, -0.05) is 39.7 Å². The Labute approximate surface area is 138 Å². The fourth-order valence-electron chi connectivity index (χ4n) is 2.63. The molecule has 2 aromatic rings. The molecule has 4 heteroatoms. The predicted octanol–water partition coefficient (Wildman–Crippen LogP) is 4.89. The number of hydrogen-bond donors (Lipinski definition) is 1.